The minimum atomic E-state index is -1.67. The fourth-order valence-corrected chi connectivity index (χ4v) is 14.8. The van der Waals surface area contributed by atoms with Gasteiger partial charge in [0.15, 0.2) is 25.2 Å². The summed E-state index contributed by atoms with van der Waals surface area (Å²) >= 11 is 0. The van der Waals surface area contributed by atoms with Gasteiger partial charge in [-0.25, -0.2) is 4.79 Å². The summed E-state index contributed by atoms with van der Waals surface area (Å²) in [6, 6.07) is 0. The minimum Gasteiger partial charge on any atom is -0.463 e. The zero-order chi connectivity index (χ0) is 55.3. The first-order valence-corrected chi connectivity index (χ1v) is 27.6. The Bertz CT molecular complexity index is 2060. The van der Waals surface area contributed by atoms with Crippen LogP contribution in [0.4, 0.5) is 0 Å². The van der Waals surface area contributed by atoms with Crippen LogP contribution in [0, 0.1) is 28.6 Å². The molecule has 0 spiro atoms. The van der Waals surface area contributed by atoms with E-state index in [1.165, 1.54) is 19.6 Å². The van der Waals surface area contributed by atoms with Crippen molar-refractivity contribution in [2.45, 2.75) is 255 Å². The standard InChI is InChI=1S/C55H88O21/c1-13-25(2)50(62)73-39-21-35-34(55(63)19-17-33(54(39,55)9)26(3)67-30(7)57)15-14-31-20-32(16-18-53(31,35)8)71-40-22-36(64-10)46(27(4)68-40)74-41-23-37(65-11)47(28(5)69-41)75-52-45(61)49(66-12)48(29(6)70-52)76-51-44(60)43(59)42(58)38(24-56)72-51/h13-14,26-29,32-49,51-52,56,58-61,63H,15-24H2,1-12H3/b25-13+/t26?,27-,28-,29-,32+,33-,34-,35+,36+,37+,38-,39-,40+,41+,42-,43+,44-,45-,46+,47+,48-,49+,51+,52+,53+,54+,55+/m1/s1. The van der Waals surface area contributed by atoms with Crippen molar-refractivity contribution in [3.8, 4) is 0 Å². The second-order valence-corrected chi connectivity index (χ2v) is 23.3. The van der Waals surface area contributed by atoms with E-state index in [9.17, 15) is 40.2 Å². The Labute approximate surface area is 447 Å². The first-order valence-electron chi connectivity index (χ1n) is 27.6. The van der Waals surface area contributed by atoms with Gasteiger partial charge in [-0.1, -0.05) is 31.6 Å². The average Bonchev–Trinajstić information content (AvgIpc) is 3.82. The van der Waals surface area contributed by atoms with Crippen LogP contribution in [-0.2, 0) is 71.2 Å². The Morgan fingerprint density at radius 3 is 1.95 bits per heavy atom. The summed E-state index contributed by atoms with van der Waals surface area (Å²) in [7, 11) is 4.56. The van der Waals surface area contributed by atoms with Crippen LogP contribution in [0.15, 0.2) is 23.3 Å². The molecule has 8 rings (SSSR count). The fourth-order valence-electron chi connectivity index (χ4n) is 14.8. The first kappa shape index (κ1) is 59.9. The molecule has 3 saturated carbocycles. The molecule has 8 aliphatic rings. The van der Waals surface area contributed by atoms with Crippen molar-refractivity contribution in [2.24, 2.45) is 28.6 Å². The Balaban J connectivity index is 0.873. The molecule has 4 heterocycles. The summed E-state index contributed by atoms with van der Waals surface area (Å²) in [5.41, 5.74) is -0.489. The van der Waals surface area contributed by atoms with Crippen LogP contribution in [0.3, 0.4) is 0 Å². The molecule has 0 aromatic heterocycles. The van der Waals surface area contributed by atoms with E-state index in [0.717, 1.165) is 12.8 Å². The highest BCUT2D eigenvalue weighted by atomic mass is 16.8. The number of rotatable bonds is 16. The number of esters is 2. The third-order valence-electron chi connectivity index (χ3n) is 19.3. The highest BCUT2D eigenvalue weighted by molar-refractivity contribution is 5.87. The molecule has 27 atom stereocenters. The summed E-state index contributed by atoms with van der Waals surface area (Å²) in [6.45, 7) is 15.9. The number of carbonyl (C=O) groups is 2. The lowest BCUT2D eigenvalue weighted by Gasteiger charge is -2.63. The van der Waals surface area contributed by atoms with Gasteiger partial charge in [-0.05, 0) is 104 Å². The van der Waals surface area contributed by atoms with Gasteiger partial charge in [-0.2, -0.15) is 0 Å². The van der Waals surface area contributed by atoms with Crippen LogP contribution in [0.5, 0.6) is 0 Å². The molecular weight excluding hydrogens is 997 g/mol. The summed E-state index contributed by atoms with van der Waals surface area (Å²) < 4.78 is 80.3. The lowest BCUT2D eigenvalue weighted by Crippen LogP contribution is -2.67. The van der Waals surface area contributed by atoms with E-state index < -0.39 is 146 Å². The van der Waals surface area contributed by atoms with Crippen molar-refractivity contribution in [3.63, 3.8) is 0 Å². The number of hydrogen-bond acceptors (Lipinski definition) is 21. The second kappa shape index (κ2) is 24.1. The molecule has 4 aliphatic heterocycles. The van der Waals surface area contributed by atoms with E-state index in [0.29, 0.717) is 44.1 Å². The van der Waals surface area contributed by atoms with E-state index >= 15 is 0 Å². The molecule has 0 amide bonds. The molecule has 21 heteroatoms. The van der Waals surface area contributed by atoms with Crippen LogP contribution >= 0.6 is 0 Å². The molecule has 1 unspecified atom stereocenters. The lowest BCUT2D eigenvalue weighted by atomic mass is 9.44. The lowest BCUT2D eigenvalue weighted by molar-refractivity contribution is -0.373. The molecule has 21 nitrogen and oxygen atoms in total. The van der Waals surface area contributed by atoms with E-state index in [4.69, 9.17) is 61.6 Å². The van der Waals surface area contributed by atoms with Crippen molar-refractivity contribution < 1.29 is 102 Å². The van der Waals surface area contributed by atoms with Crippen LogP contribution in [0.25, 0.3) is 0 Å². The fraction of sp³-hybridized carbons (Fsp3) is 0.891. The second-order valence-electron chi connectivity index (χ2n) is 23.3. The predicted octanol–water partition coefficient (Wildman–Crippen LogP) is 2.88. The zero-order valence-electron chi connectivity index (χ0n) is 46.4. The van der Waals surface area contributed by atoms with Gasteiger partial charge in [-0.3, -0.25) is 4.79 Å². The minimum absolute atomic E-state index is 0.0339. The van der Waals surface area contributed by atoms with Crippen molar-refractivity contribution >= 4 is 11.9 Å². The van der Waals surface area contributed by atoms with Crippen molar-refractivity contribution in [2.75, 3.05) is 27.9 Å². The number of allylic oxidation sites excluding steroid dienone is 2. The number of methoxy groups -OCH3 is 3. The summed E-state index contributed by atoms with van der Waals surface area (Å²) in [5.74, 6) is -1.02. The molecule has 0 bridgehead atoms. The monoisotopic (exact) mass is 1080 g/mol. The smallest absolute Gasteiger partial charge is 0.333 e. The van der Waals surface area contributed by atoms with E-state index in [2.05, 4.69) is 13.0 Å². The molecule has 0 aromatic carbocycles. The summed E-state index contributed by atoms with van der Waals surface area (Å²) in [6.07, 6.45) is -9.58. The molecule has 0 aromatic rings. The van der Waals surface area contributed by atoms with Gasteiger partial charge < -0.3 is 92.2 Å². The van der Waals surface area contributed by atoms with Crippen molar-refractivity contribution in [3.05, 3.63) is 23.3 Å². The summed E-state index contributed by atoms with van der Waals surface area (Å²) in [5, 5.41) is 65.5. The molecule has 6 N–H and O–H groups in total. The first-order chi connectivity index (χ1) is 36.0. The van der Waals surface area contributed by atoms with Gasteiger partial charge in [0.05, 0.1) is 48.8 Å². The summed E-state index contributed by atoms with van der Waals surface area (Å²) in [4.78, 5) is 25.7. The number of ether oxygens (including phenoxy) is 13. The van der Waals surface area contributed by atoms with E-state index in [1.807, 2.05) is 34.6 Å². The molecule has 4 saturated heterocycles. The van der Waals surface area contributed by atoms with Gasteiger partial charge in [0.2, 0.25) is 0 Å². The van der Waals surface area contributed by atoms with Crippen molar-refractivity contribution in [1.82, 2.24) is 0 Å². The van der Waals surface area contributed by atoms with Gasteiger partial charge >= 0.3 is 11.9 Å². The molecule has 7 fully saturated rings. The van der Waals surface area contributed by atoms with E-state index in [1.54, 1.807) is 34.1 Å². The average molecular weight is 1090 g/mol. The number of aliphatic hydroxyl groups is 6. The highest BCUT2D eigenvalue weighted by Gasteiger charge is 2.72. The van der Waals surface area contributed by atoms with Gasteiger partial charge in [0, 0.05) is 58.0 Å². The Morgan fingerprint density at radius 2 is 1.34 bits per heavy atom. The highest BCUT2D eigenvalue weighted by Crippen LogP contribution is 2.69. The quantitative estimate of drug-likeness (QED) is 0.0737. The van der Waals surface area contributed by atoms with Gasteiger partial charge in [-0.15, -0.1) is 0 Å². The van der Waals surface area contributed by atoms with E-state index in [-0.39, 0.29) is 41.7 Å². The number of fused-ring (bicyclic) bond motifs is 5. The van der Waals surface area contributed by atoms with Gasteiger partial charge in [0.1, 0.15) is 67.1 Å². The molecular formula is C55H88O21. The van der Waals surface area contributed by atoms with Crippen LogP contribution in [-0.4, -0.2) is 205 Å². The maximum Gasteiger partial charge on any atom is 0.333 e. The van der Waals surface area contributed by atoms with Gasteiger partial charge in [0.25, 0.3) is 0 Å². The van der Waals surface area contributed by atoms with Crippen molar-refractivity contribution in [1.29, 1.82) is 0 Å². The third kappa shape index (κ3) is 11.1. The van der Waals surface area contributed by atoms with Crippen LogP contribution < -0.4 is 0 Å². The van der Waals surface area contributed by atoms with Crippen LogP contribution in [0.1, 0.15) is 120 Å². The molecule has 4 aliphatic carbocycles. The maximum absolute atomic E-state index is 13.5. The molecule has 76 heavy (non-hydrogen) atoms. The number of aliphatic hydroxyl groups excluding tert-OH is 5. The predicted molar refractivity (Wildman–Crippen MR) is 266 cm³/mol. The number of carbonyl (C=O) groups excluding carboxylic acids is 2. The Hall–Kier alpha value is -2.26. The number of hydrogen-bond donors (Lipinski definition) is 6. The normalized spacial score (nSPS) is 49.2. The molecule has 434 valence electrons. The zero-order valence-corrected chi connectivity index (χ0v) is 46.4. The topological polar surface area (TPSA) is 276 Å². The Morgan fingerprint density at radius 1 is 0.737 bits per heavy atom. The SMILES string of the molecule is C/C=C(\C)C(=O)O[C@@H]1C[C@H]2[C@@H](CC=C3C[C@@H](O[C@H]4C[C@H](OC)[C@@H](O[C@H]5C[C@H](OC)[C@@H](O[C@@H]6O[C@H](C)[C@@H](O[C@@H]7O[C@H](CO)[C@@H](O)[C@H](O)[C@H]7O)[C@@H](OC)[C@H]6O)[C@@H](C)O5)[C@@H](C)O4)CC[C@@]32C)[C@@]2(O)CC[C@H](C(C)OC(C)=O)[C@@]12C. The van der Waals surface area contributed by atoms with Crippen LogP contribution in [0.2, 0.25) is 0 Å². The Kier molecular flexibility index (Phi) is 18.9. The third-order valence-corrected chi connectivity index (χ3v) is 19.3. The molecule has 0 radical (unpaired) electrons. The maximum atomic E-state index is 13.5. The largest absolute Gasteiger partial charge is 0.463 e.